The summed E-state index contributed by atoms with van der Waals surface area (Å²) in [5, 5.41) is 12.0. The molecule has 150 valence electrons. The van der Waals surface area contributed by atoms with Crippen molar-refractivity contribution >= 4 is 12.1 Å². The first-order chi connectivity index (χ1) is 13.1. The fraction of sp³-hybridized carbons (Fsp3) is 0.364. The number of rotatable bonds is 6. The zero-order valence-corrected chi connectivity index (χ0v) is 16.6. The number of aromatic hydroxyl groups is 1. The quantitative estimate of drug-likeness (QED) is 0.730. The van der Waals surface area contributed by atoms with E-state index in [0.29, 0.717) is 0 Å². The van der Waals surface area contributed by atoms with E-state index in [-0.39, 0.29) is 12.2 Å². The highest BCUT2D eigenvalue weighted by atomic mass is 16.6. The van der Waals surface area contributed by atoms with Gasteiger partial charge in [-0.25, -0.2) is 9.59 Å². The molecular formula is C22H27NO5. The molecule has 2 rings (SSSR count). The average Bonchev–Trinajstić information content (AvgIpc) is 2.62. The highest BCUT2D eigenvalue weighted by Gasteiger charge is 2.27. The number of alkyl carbamates (subject to hydrolysis) is 1. The SMILES string of the molecule is CC(OC(=O)[C@@H](Cc1ccc(O)cc1)NC(=O)OC(C)(C)C)c1ccccc1. The summed E-state index contributed by atoms with van der Waals surface area (Å²) >= 11 is 0. The van der Waals surface area contributed by atoms with Crippen LogP contribution in [0.2, 0.25) is 0 Å². The topological polar surface area (TPSA) is 84.9 Å². The van der Waals surface area contributed by atoms with Gasteiger partial charge in [-0.1, -0.05) is 42.5 Å². The predicted octanol–water partition coefficient (Wildman–Crippen LogP) is 4.13. The van der Waals surface area contributed by atoms with Crippen LogP contribution in [0.15, 0.2) is 54.6 Å². The first-order valence-electron chi connectivity index (χ1n) is 9.17. The molecule has 6 nitrogen and oxygen atoms in total. The number of nitrogens with one attached hydrogen (secondary N) is 1. The van der Waals surface area contributed by atoms with Gasteiger partial charge < -0.3 is 19.9 Å². The number of phenols is 1. The van der Waals surface area contributed by atoms with Crippen LogP contribution in [0.3, 0.4) is 0 Å². The third-order valence-electron chi connectivity index (χ3n) is 3.91. The van der Waals surface area contributed by atoms with E-state index in [0.717, 1.165) is 11.1 Å². The van der Waals surface area contributed by atoms with E-state index in [4.69, 9.17) is 9.47 Å². The van der Waals surface area contributed by atoms with Crippen molar-refractivity contribution in [2.75, 3.05) is 0 Å². The summed E-state index contributed by atoms with van der Waals surface area (Å²) in [6, 6.07) is 14.9. The van der Waals surface area contributed by atoms with Crippen molar-refractivity contribution in [1.29, 1.82) is 0 Å². The molecule has 2 aromatic carbocycles. The Bertz CT molecular complexity index is 781. The molecule has 2 atom stereocenters. The van der Waals surface area contributed by atoms with Gasteiger partial charge in [0, 0.05) is 6.42 Å². The lowest BCUT2D eigenvalue weighted by molar-refractivity contribution is -0.151. The maximum Gasteiger partial charge on any atom is 0.408 e. The number of benzene rings is 2. The molecule has 0 aliphatic carbocycles. The fourth-order valence-electron chi connectivity index (χ4n) is 2.56. The summed E-state index contributed by atoms with van der Waals surface area (Å²) in [4.78, 5) is 25.0. The Morgan fingerprint density at radius 2 is 1.64 bits per heavy atom. The Morgan fingerprint density at radius 3 is 2.21 bits per heavy atom. The smallest absolute Gasteiger partial charge is 0.408 e. The Labute approximate surface area is 165 Å². The molecule has 0 radical (unpaired) electrons. The zero-order valence-electron chi connectivity index (χ0n) is 16.6. The molecule has 28 heavy (non-hydrogen) atoms. The van der Waals surface area contributed by atoms with E-state index in [1.807, 2.05) is 30.3 Å². The Hall–Kier alpha value is -3.02. The van der Waals surface area contributed by atoms with Crippen LogP contribution in [0.4, 0.5) is 4.79 Å². The van der Waals surface area contributed by atoms with Crippen LogP contribution >= 0.6 is 0 Å². The number of ether oxygens (including phenoxy) is 2. The Morgan fingerprint density at radius 1 is 1.04 bits per heavy atom. The van der Waals surface area contributed by atoms with Crippen molar-refractivity contribution in [1.82, 2.24) is 5.32 Å². The number of hydrogen-bond acceptors (Lipinski definition) is 5. The van der Waals surface area contributed by atoms with Gasteiger partial charge in [0.15, 0.2) is 0 Å². The minimum atomic E-state index is -0.925. The van der Waals surface area contributed by atoms with Gasteiger partial charge in [0.1, 0.15) is 23.5 Å². The van der Waals surface area contributed by atoms with Crippen LogP contribution in [0.5, 0.6) is 5.75 Å². The first-order valence-corrected chi connectivity index (χ1v) is 9.17. The minimum Gasteiger partial charge on any atom is -0.508 e. The lowest BCUT2D eigenvalue weighted by Crippen LogP contribution is -2.45. The van der Waals surface area contributed by atoms with Crippen molar-refractivity contribution in [3.05, 3.63) is 65.7 Å². The van der Waals surface area contributed by atoms with Crippen molar-refractivity contribution < 1.29 is 24.2 Å². The summed E-state index contributed by atoms with van der Waals surface area (Å²) in [6.07, 6.45) is -0.947. The molecule has 1 amide bonds. The summed E-state index contributed by atoms with van der Waals surface area (Å²) in [7, 11) is 0. The second-order valence-corrected chi connectivity index (χ2v) is 7.56. The molecule has 2 aromatic rings. The van der Waals surface area contributed by atoms with E-state index in [9.17, 15) is 14.7 Å². The highest BCUT2D eigenvalue weighted by molar-refractivity contribution is 5.82. The molecule has 0 aliphatic heterocycles. The second-order valence-electron chi connectivity index (χ2n) is 7.56. The molecule has 0 saturated carbocycles. The molecule has 0 aliphatic rings. The third-order valence-corrected chi connectivity index (χ3v) is 3.91. The molecule has 0 saturated heterocycles. The minimum absolute atomic E-state index is 0.126. The average molecular weight is 385 g/mol. The van der Waals surface area contributed by atoms with Crippen molar-refractivity contribution in [3.8, 4) is 5.75 Å². The number of carbonyl (C=O) groups is 2. The molecule has 2 N–H and O–H groups in total. The van der Waals surface area contributed by atoms with Gasteiger partial charge in [-0.15, -0.1) is 0 Å². The van der Waals surface area contributed by atoms with Crippen molar-refractivity contribution in [2.45, 2.75) is 51.9 Å². The lowest BCUT2D eigenvalue weighted by atomic mass is 10.1. The van der Waals surface area contributed by atoms with E-state index < -0.39 is 29.8 Å². The maximum absolute atomic E-state index is 12.8. The molecule has 0 bridgehead atoms. The van der Waals surface area contributed by atoms with Gasteiger partial charge in [-0.05, 0) is 51.0 Å². The van der Waals surface area contributed by atoms with Crippen LogP contribution in [0.1, 0.15) is 44.9 Å². The van der Waals surface area contributed by atoms with Gasteiger partial charge in [0.05, 0.1) is 0 Å². The van der Waals surface area contributed by atoms with Crippen molar-refractivity contribution in [2.24, 2.45) is 0 Å². The molecule has 0 spiro atoms. The molecule has 0 aromatic heterocycles. The van der Waals surface area contributed by atoms with Gasteiger partial charge in [0.2, 0.25) is 0 Å². The van der Waals surface area contributed by atoms with Crippen LogP contribution in [0.25, 0.3) is 0 Å². The lowest BCUT2D eigenvalue weighted by Gasteiger charge is -2.24. The predicted molar refractivity (Wildman–Crippen MR) is 106 cm³/mol. The van der Waals surface area contributed by atoms with E-state index in [1.54, 1.807) is 39.8 Å². The number of hydrogen-bond donors (Lipinski definition) is 2. The number of amides is 1. The van der Waals surface area contributed by atoms with Gasteiger partial charge in [-0.2, -0.15) is 0 Å². The van der Waals surface area contributed by atoms with Crippen molar-refractivity contribution in [3.63, 3.8) is 0 Å². The summed E-state index contributed by atoms with van der Waals surface area (Å²) < 4.78 is 10.8. The molecule has 1 unspecified atom stereocenters. The van der Waals surface area contributed by atoms with Gasteiger partial charge >= 0.3 is 12.1 Å². The maximum atomic E-state index is 12.8. The largest absolute Gasteiger partial charge is 0.508 e. The fourth-order valence-corrected chi connectivity index (χ4v) is 2.56. The number of esters is 1. The molecule has 6 heteroatoms. The summed E-state index contributed by atoms with van der Waals surface area (Å²) in [6.45, 7) is 7.02. The molecule has 0 fully saturated rings. The molecular weight excluding hydrogens is 358 g/mol. The first kappa shape index (κ1) is 21.3. The second kappa shape index (κ2) is 9.26. The normalized spacial score (nSPS) is 13.3. The standard InChI is InChI=1S/C22H27NO5/c1-15(17-8-6-5-7-9-17)27-20(25)19(23-21(26)28-22(2,3)4)14-16-10-12-18(24)13-11-16/h5-13,15,19,24H,14H2,1-4H3,(H,23,26)/t15?,19-/m1/s1. The van der Waals surface area contributed by atoms with Gasteiger partial charge in [0.25, 0.3) is 0 Å². The van der Waals surface area contributed by atoms with Crippen LogP contribution in [-0.4, -0.2) is 28.8 Å². The van der Waals surface area contributed by atoms with E-state index in [1.165, 1.54) is 12.1 Å². The van der Waals surface area contributed by atoms with Gasteiger partial charge in [-0.3, -0.25) is 0 Å². The van der Waals surface area contributed by atoms with E-state index in [2.05, 4.69) is 5.32 Å². The Balaban J connectivity index is 2.12. The molecule has 0 heterocycles. The highest BCUT2D eigenvalue weighted by Crippen LogP contribution is 2.18. The summed E-state index contributed by atoms with van der Waals surface area (Å²) in [5.74, 6) is -0.434. The Kier molecular flexibility index (Phi) is 7.04. The number of carbonyl (C=O) groups excluding carboxylic acids is 2. The van der Waals surface area contributed by atoms with Crippen LogP contribution in [0, 0.1) is 0 Å². The summed E-state index contributed by atoms with van der Waals surface area (Å²) in [5.41, 5.74) is 0.939. The van der Waals surface area contributed by atoms with E-state index >= 15 is 0 Å². The monoisotopic (exact) mass is 385 g/mol. The van der Waals surface area contributed by atoms with Crippen LogP contribution in [-0.2, 0) is 20.7 Å². The third kappa shape index (κ3) is 6.95. The number of phenolic OH excluding ortho intramolecular Hbond substituents is 1. The van der Waals surface area contributed by atoms with Crippen LogP contribution < -0.4 is 5.32 Å². The zero-order chi connectivity index (χ0) is 20.7.